The van der Waals surface area contributed by atoms with Gasteiger partial charge in [-0.2, -0.15) is 23.7 Å². The fourth-order valence-electron chi connectivity index (χ4n) is 1.72. The van der Waals surface area contributed by atoms with Crippen molar-refractivity contribution in [2.75, 3.05) is 0 Å². The molecule has 0 saturated heterocycles. The summed E-state index contributed by atoms with van der Waals surface area (Å²) in [6, 6.07) is 4.27. The first-order valence-electron chi connectivity index (χ1n) is 6.62. The lowest BCUT2D eigenvalue weighted by molar-refractivity contribution is -0.137. The number of pyridine rings is 1. The Morgan fingerprint density at radius 2 is 2.04 bits per heavy atom. The smallest absolute Gasteiger partial charge is 0.417 e. The van der Waals surface area contributed by atoms with Crippen molar-refractivity contribution < 1.29 is 22.6 Å². The zero-order valence-corrected chi connectivity index (χ0v) is 13.3. The van der Waals surface area contributed by atoms with Crippen molar-refractivity contribution in [3.05, 3.63) is 40.6 Å². The molecule has 0 aliphatic rings. The summed E-state index contributed by atoms with van der Waals surface area (Å²) in [5.41, 5.74) is -1.04. The van der Waals surface area contributed by atoms with Crippen LogP contribution in [0.15, 0.2) is 18.6 Å². The number of ether oxygens (including phenoxy) is 2. The zero-order valence-electron chi connectivity index (χ0n) is 12.6. The predicted octanol–water partition coefficient (Wildman–Crippen LogP) is 3.09. The largest absolute Gasteiger partial charge is 0.447 e. The fraction of sp³-hybridized carbons (Fsp3) is 0.286. The van der Waals surface area contributed by atoms with Gasteiger partial charge in [-0.05, 0) is 13.0 Å². The third-order valence-electron chi connectivity index (χ3n) is 2.91. The van der Waals surface area contributed by atoms with Gasteiger partial charge in [0.1, 0.15) is 23.9 Å². The molecule has 7 nitrogen and oxygen atoms in total. The van der Waals surface area contributed by atoms with Gasteiger partial charge < -0.3 is 9.47 Å². The SMILES string of the molecule is CC(OCn1cnc(C#N)c1C#N)Oc1ncc(C(F)(F)F)cc1Cl. The van der Waals surface area contributed by atoms with Crippen LogP contribution in [-0.2, 0) is 17.6 Å². The number of nitrogens with zero attached hydrogens (tertiary/aromatic N) is 5. The highest BCUT2D eigenvalue weighted by Gasteiger charge is 2.32. The van der Waals surface area contributed by atoms with E-state index in [1.807, 2.05) is 6.07 Å². The molecule has 0 fully saturated rings. The number of imidazole rings is 1. The maximum absolute atomic E-state index is 12.6. The van der Waals surface area contributed by atoms with E-state index in [2.05, 4.69) is 9.97 Å². The number of rotatable bonds is 5. The summed E-state index contributed by atoms with van der Waals surface area (Å²) < 4.78 is 49.5. The summed E-state index contributed by atoms with van der Waals surface area (Å²) in [6.07, 6.45) is -3.67. The maximum atomic E-state index is 12.6. The summed E-state index contributed by atoms with van der Waals surface area (Å²) in [4.78, 5) is 7.25. The fourth-order valence-corrected chi connectivity index (χ4v) is 1.93. The second kappa shape index (κ2) is 7.38. The van der Waals surface area contributed by atoms with Gasteiger partial charge in [-0.3, -0.25) is 4.57 Å². The molecule has 0 amide bonds. The Hall–Kier alpha value is -2.82. The average molecular weight is 372 g/mol. The Morgan fingerprint density at radius 3 is 2.60 bits per heavy atom. The molecule has 0 aliphatic heterocycles. The molecule has 0 radical (unpaired) electrons. The van der Waals surface area contributed by atoms with Gasteiger partial charge in [0, 0.05) is 6.20 Å². The topological polar surface area (TPSA) is 96.8 Å². The maximum Gasteiger partial charge on any atom is 0.417 e. The molecule has 0 spiro atoms. The molecule has 0 N–H and O–H groups in total. The van der Waals surface area contributed by atoms with Crippen LogP contribution in [0.25, 0.3) is 0 Å². The van der Waals surface area contributed by atoms with E-state index >= 15 is 0 Å². The van der Waals surface area contributed by atoms with Gasteiger partial charge in [0.15, 0.2) is 11.4 Å². The van der Waals surface area contributed by atoms with Crippen LogP contribution in [0.1, 0.15) is 23.9 Å². The first kappa shape index (κ1) is 18.5. The summed E-state index contributed by atoms with van der Waals surface area (Å²) in [5.74, 6) is -0.231. The van der Waals surface area contributed by atoms with Crippen LogP contribution >= 0.6 is 11.6 Å². The van der Waals surface area contributed by atoms with E-state index in [4.69, 9.17) is 31.6 Å². The second-order valence-electron chi connectivity index (χ2n) is 4.63. The highest BCUT2D eigenvalue weighted by molar-refractivity contribution is 6.31. The van der Waals surface area contributed by atoms with Crippen LogP contribution in [0.3, 0.4) is 0 Å². The lowest BCUT2D eigenvalue weighted by atomic mass is 10.3. The molecule has 25 heavy (non-hydrogen) atoms. The van der Waals surface area contributed by atoms with Crippen molar-refractivity contribution in [1.29, 1.82) is 10.5 Å². The highest BCUT2D eigenvalue weighted by atomic mass is 35.5. The Balaban J connectivity index is 2.02. The Bertz CT molecular complexity index is 854. The third-order valence-corrected chi connectivity index (χ3v) is 3.18. The number of aromatic nitrogens is 3. The van der Waals surface area contributed by atoms with Gasteiger partial charge in [-0.15, -0.1) is 0 Å². The Kier molecular flexibility index (Phi) is 5.47. The molecule has 0 aromatic carbocycles. The number of halogens is 4. The summed E-state index contributed by atoms with van der Waals surface area (Å²) in [6.45, 7) is 1.29. The third kappa shape index (κ3) is 4.38. The monoisotopic (exact) mass is 371 g/mol. The van der Waals surface area contributed by atoms with Gasteiger partial charge in [0.05, 0.1) is 11.9 Å². The van der Waals surface area contributed by atoms with Crippen molar-refractivity contribution in [1.82, 2.24) is 14.5 Å². The summed E-state index contributed by atoms with van der Waals surface area (Å²) in [5, 5.41) is 17.5. The quantitative estimate of drug-likeness (QED) is 0.749. The van der Waals surface area contributed by atoms with Crippen LogP contribution < -0.4 is 4.74 Å². The van der Waals surface area contributed by atoms with Gasteiger partial charge in [0.25, 0.3) is 0 Å². The van der Waals surface area contributed by atoms with Gasteiger partial charge in [-0.1, -0.05) is 11.6 Å². The molecule has 2 aromatic heterocycles. The van der Waals surface area contributed by atoms with Crippen LogP contribution in [0.2, 0.25) is 5.02 Å². The van der Waals surface area contributed by atoms with Crippen molar-refractivity contribution in [2.45, 2.75) is 26.1 Å². The molecule has 2 heterocycles. The lowest BCUT2D eigenvalue weighted by Crippen LogP contribution is -2.19. The van der Waals surface area contributed by atoms with Crippen molar-refractivity contribution in [3.8, 4) is 18.0 Å². The summed E-state index contributed by atoms with van der Waals surface area (Å²) >= 11 is 5.73. The number of alkyl halides is 3. The molecule has 0 aliphatic carbocycles. The normalized spacial score (nSPS) is 12.3. The van der Waals surface area contributed by atoms with Gasteiger partial charge in [0.2, 0.25) is 12.2 Å². The zero-order chi connectivity index (χ0) is 18.6. The molecule has 11 heteroatoms. The molecule has 1 atom stereocenters. The Morgan fingerprint density at radius 1 is 1.32 bits per heavy atom. The molecule has 0 saturated carbocycles. The van der Waals surface area contributed by atoms with Crippen molar-refractivity contribution in [2.24, 2.45) is 0 Å². The number of nitriles is 2. The predicted molar refractivity (Wildman–Crippen MR) is 77.1 cm³/mol. The van der Waals surface area contributed by atoms with Crippen molar-refractivity contribution in [3.63, 3.8) is 0 Å². The van der Waals surface area contributed by atoms with E-state index < -0.39 is 18.0 Å². The Labute approximate surface area is 144 Å². The summed E-state index contributed by atoms with van der Waals surface area (Å²) in [7, 11) is 0. The van der Waals surface area contributed by atoms with Gasteiger partial charge >= 0.3 is 6.18 Å². The highest BCUT2D eigenvalue weighted by Crippen LogP contribution is 2.33. The van der Waals surface area contributed by atoms with Crippen LogP contribution in [0.5, 0.6) is 5.88 Å². The van der Waals surface area contributed by atoms with E-state index in [9.17, 15) is 13.2 Å². The number of hydrogen-bond donors (Lipinski definition) is 0. The molecular formula is C14H9ClF3N5O2. The van der Waals surface area contributed by atoms with Crippen molar-refractivity contribution >= 4 is 11.6 Å². The van der Waals surface area contributed by atoms with E-state index in [0.717, 1.165) is 0 Å². The molecule has 2 aromatic rings. The first-order chi connectivity index (χ1) is 11.8. The molecule has 2 rings (SSSR count). The van der Waals surface area contributed by atoms with E-state index in [1.165, 1.54) is 17.8 Å². The number of hydrogen-bond acceptors (Lipinski definition) is 6. The van der Waals surface area contributed by atoms with Crippen LogP contribution in [0, 0.1) is 22.7 Å². The van der Waals surface area contributed by atoms with Crippen LogP contribution in [0.4, 0.5) is 13.2 Å². The molecule has 130 valence electrons. The second-order valence-corrected chi connectivity index (χ2v) is 5.03. The van der Waals surface area contributed by atoms with E-state index in [1.54, 1.807) is 6.07 Å². The minimum atomic E-state index is -4.56. The standard InChI is InChI=1S/C14H9ClF3N5O2/c1-8(24-7-23-6-22-11(3-19)12(23)4-20)25-13-10(15)2-9(5-21-13)14(16,17)18/h2,5-6,8H,7H2,1H3. The minimum Gasteiger partial charge on any atom is -0.447 e. The van der Waals surface area contributed by atoms with Gasteiger partial charge in [-0.25, -0.2) is 9.97 Å². The first-order valence-corrected chi connectivity index (χ1v) is 7.00. The molecule has 0 bridgehead atoms. The average Bonchev–Trinajstić information content (AvgIpc) is 2.95. The van der Waals surface area contributed by atoms with Crippen LogP contribution in [-0.4, -0.2) is 20.8 Å². The van der Waals surface area contributed by atoms with E-state index in [-0.39, 0.29) is 29.0 Å². The molecular weight excluding hydrogens is 363 g/mol. The molecule has 1 unspecified atom stereocenters. The lowest BCUT2D eigenvalue weighted by Gasteiger charge is -2.16. The minimum absolute atomic E-state index is 0.0142. The van der Waals surface area contributed by atoms with E-state index in [0.29, 0.717) is 12.3 Å².